The first-order chi connectivity index (χ1) is 9.54. The second kappa shape index (κ2) is 4.79. The van der Waals surface area contributed by atoms with E-state index < -0.39 is 11.9 Å². The fourth-order valence-corrected chi connectivity index (χ4v) is 2.54. The number of imide groups is 1. The van der Waals surface area contributed by atoms with Gasteiger partial charge in [0.25, 0.3) is 0 Å². The van der Waals surface area contributed by atoms with Crippen LogP contribution in [0, 0.1) is 5.92 Å². The van der Waals surface area contributed by atoms with Crippen LogP contribution in [0.3, 0.4) is 0 Å². The summed E-state index contributed by atoms with van der Waals surface area (Å²) in [5.74, 6) is -0.732. The molecule has 7 heteroatoms. The molecule has 2 aliphatic rings. The van der Waals surface area contributed by atoms with Gasteiger partial charge in [-0.15, -0.1) is 0 Å². The molecule has 0 bridgehead atoms. The lowest BCUT2D eigenvalue weighted by Gasteiger charge is -2.14. The minimum absolute atomic E-state index is 0.120. The van der Waals surface area contributed by atoms with Gasteiger partial charge < -0.3 is 0 Å². The van der Waals surface area contributed by atoms with Crippen molar-refractivity contribution in [2.24, 2.45) is 5.92 Å². The third kappa shape index (κ3) is 2.46. The number of hydrogen-bond donors (Lipinski definition) is 2. The standard InChI is InChI=1S/C13H12ClN3O3/c14-8-3-1-2-7(4-8)9-5-10(9)12(19)16-17-6-11(18)15-13(17)20/h1-4,9-10H,5-6H2,(H,16,19)(H,15,18,20). The van der Waals surface area contributed by atoms with E-state index in [1.165, 1.54) is 0 Å². The zero-order valence-corrected chi connectivity index (χ0v) is 11.2. The predicted molar refractivity (Wildman–Crippen MR) is 70.7 cm³/mol. The van der Waals surface area contributed by atoms with E-state index in [0.29, 0.717) is 5.02 Å². The summed E-state index contributed by atoms with van der Waals surface area (Å²) in [6.45, 7) is -0.140. The molecule has 2 N–H and O–H groups in total. The minimum Gasteiger partial charge on any atom is -0.275 e. The van der Waals surface area contributed by atoms with Gasteiger partial charge in [0.1, 0.15) is 6.54 Å². The summed E-state index contributed by atoms with van der Waals surface area (Å²) in [7, 11) is 0. The molecule has 0 radical (unpaired) electrons. The molecule has 3 rings (SSSR count). The predicted octanol–water partition coefficient (Wildman–Crippen LogP) is 1.03. The highest BCUT2D eigenvalue weighted by atomic mass is 35.5. The number of benzene rings is 1. The highest BCUT2D eigenvalue weighted by Gasteiger charge is 2.45. The van der Waals surface area contributed by atoms with Crippen molar-refractivity contribution in [3.05, 3.63) is 34.9 Å². The third-order valence-corrected chi connectivity index (χ3v) is 3.68. The van der Waals surface area contributed by atoms with E-state index in [1.54, 1.807) is 6.07 Å². The van der Waals surface area contributed by atoms with Crippen molar-refractivity contribution in [3.63, 3.8) is 0 Å². The molecule has 1 aromatic rings. The fraction of sp³-hybridized carbons (Fsp3) is 0.308. The van der Waals surface area contributed by atoms with Gasteiger partial charge in [0, 0.05) is 10.9 Å². The van der Waals surface area contributed by atoms with Crippen molar-refractivity contribution in [1.82, 2.24) is 15.8 Å². The number of nitrogens with zero attached hydrogens (tertiary/aromatic N) is 1. The Balaban J connectivity index is 1.60. The molecule has 1 saturated carbocycles. The topological polar surface area (TPSA) is 78.5 Å². The molecule has 104 valence electrons. The summed E-state index contributed by atoms with van der Waals surface area (Å²) < 4.78 is 0. The van der Waals surface area contributed by atoms with Gasteiger partial charge in [0.2, 0.25) is 11.8 Å². The minimum atomic E-state index is -0.594. The Morgan fingerprint density at radius 3 is 2.85 bits per heavy atom. The lowest BCUT2D eigenvalue weighted by molar-refractivity contribution is -0.126. The fourth-order valence-electron chi connectivity index (χ4n) is 2.34. The first-order valence-corrected chi connectivity index (χ1v) is 6.59. The van der Waals surface area contributed by atoms with E-state index in [2.05, 4.69) is 10.7 Å². The molecule has 6 nitrogen and oxygen atoms in total. The van der Waals surface area contributed by atoms with E-state index in [9.17, 15) is 14.4 Å². The van der Waals surface area contributed by atoms with E-state index in [4.69, 9.17) is 11.6 Å². The van der Waals surface area contributed by atoms with E-state index in [-0.39, 0.29) is 24.3 Å². The summed E-state index contributed by atoms with van der Waals surface area (Å²) in [4.78, 5) is 34.3. The first-order valence-electron chi connectivity index (χ1n) is 6.22. The highest BCUT2D eigenvalue weighted by Crippen LogP contribution is 2.47. The number of amides is 4. The van der Waals surface area contributed by atoms with Gasteiger partial charge in [-0.3, -0.25) is 20.3 Å². The maximum absolute atomic E-state index is 12.0. The Morgan fingerprint density at radius 1 is 1.40 bits per heavy atom. The molecule has 2 unspecified atom stereocenters. The average molecular weight is 294 g/mol. The molecule has 4 amide bonds. The number of nitrogens with one attached hydrogen (secondary N) is 2. The van der Waals surface area contributed by atoms with Gasteiger partial charge in [-0.1, -0.05) is 23.7 Å². The van der Waals surface area contributed by atoms with Crippen LogP contribution in [0.5, 0.6) is 0 Å². The van der Waals surface area contributed by atoms with Gasteiger partial charge >= 0.3 is 6.03 Å². The SMILES string of the molecule is O=C1CN(NC(=O)C2CC2c2cccc(Cl)c2)C(=O)N1. The molecule has 1 aromatic carbocycles. The normalized spacial score (nSPS) is 24.6. The molecular weight excluding hydrogens is 282 g/mol. The summed E-state index contributed by atoms with van der Waals surface area (Å²) in [6, 6.07) is 6.80. The van der Waals surface area contributed by atoms with Gasteiger partial charge in [-0.25, -0.2) is 9.80 Å². The van der Waals surface area contributed by atoms with Crippen molar-refractivity contribution in [2.75, 3.05) is 6.54 Å². The average Bonchev–Trinajstić information content (AvgIpc) is 3.12. The Labute approximate surface area is 120 Å². The van der Waals surface area contributed by atoms with Crippen molar-refractivity contribution in [2.45, 2.75) is 12.3 Å². The largest absolute Gasteiger partial charge is 0.343 e. The molecule has 1 saturated heterocycles. The number of urea groups is 1. The molecule has 0 aromatic heterocycles. The van der Waals surface area contributed by atoms with Crippen LogP contribution in [-0.2, 0) is 9.59 Å². The van der Waals surface area contributed by atoms with Crippen molar-refractivity contribution < 1.29 is 14.4 Å². The summed E-state index contributed by atoms with van der Waals surface area (Å²) in [5, 5.41) is 3.73. The van der Waals surface area contributed by atoms with Crippen LogP contribution in [0.1, 0.15) is 17.9 Å². The maximum atomic E-state index is 12.0. The summed E-state index contributed by atoms with van der Waals surface area (Å²) >= 11 is 5.92. The number of hydrogen-bond acceptors (Lipinski definition) is 3. The molecule has 20 heavy (non-hydrogen) atoms. The lowest BCUT2D eigenvalue weighted by atomic mass is 10.1. The number of hydrazine groups is 1. The second-order valence-electron chi connectivity index (χ2n) is 4.92. The quantitative estimate of drug-likeness (QED) is 0.817. The molecule has 1 aliphatic heterocycles. The van der Waals surface area contributed by atoms with Crippen molar-refractivity contribution >= 4 is 29.4 Å². The number of rotatable bonds is 3. The van der Waals surface area contributed by atoms with Gasteiger partial charge in [-0.2, -0.15) is 0 Å². The van der Waals surface area contributed by atoms with Crippen LogP contribution in [0.2, 0.25) is 5.02 Å². The Hall–Kier alpha value is -2.08. The van der Waals surface area contributed by atoms with Gasteiger partial charge in [-0.05, 0) is 30.0 Å². The van der Waals surface area contributed by atoms with Crippen LogP contribution >= 0.6 is 11.6 Å². The molecule has 0 spiro atoms. The van der Waals surface area contributed by atoms with Crippen LogP contribution in [0.25, 0.3) is 0 Å². The van der Waals surface area contributed by atoms with Crippen LogP contribution in [0.15, 0.2) is 24.3 Å². The second-order valence-corrected chi connectivity index (χ2v) is 5.36. The molecular formula is C13H12ClN3O3. The number of carbonyl (C=O) groups excluding carboxylic acids is 3. The Morgan fingerprint density at radius 2 is 2.20 bits per heavy atom. The molecule has 1 aliphatic carbocycles. The first kappa shape index (κ1) is 12.9. The van der Waals surface area contributed by atoms with Crippen molar-refractivity contribution in [1.29, 1.82) is 0 Å². The summed E-state index contributed by atoms with van der Waals surface area (Å²) in [6.07, 6.45) is 0.718. The number of carbonyl (C=O) groups is 3. The smallest absolute Gasteiger partial charge is 0.275 e. The van der Waals surface area contributed by atoms with E-state index >= 15 is 0 Å². The van der Waals surface area contributed by atoms with E-state index in [0.717, 1.165) is 17.0 Å². The highest BCUT2D eigenvalue weighted by molar-refractivity contribution is 6.30. The van der Waals surface area contributed by atoms with Crippen LogP contribution < -0.4 is 10.7 Å². The maximum Gasteiger partial charge on any atom is 0.343 e. The Kier molecular flexibility index (Phi) is 3.10. The lowest BCUT2D eigenvalue weighted by Crippen LogP contribution is -2.45. The third-order valence-electron chi connectivity index (χ3n) is 3.44. The monoisotopic (exact) mass is 293 g/mol. The van der Waals surface area contributed by atoms with Gasteiger partial charge in [0.05, 0.1) is 0 Å². The molecule has 2 atom stereocenters. The zero-order valence-electron chi connectivity index (χ0n) is 10.4. The zero-order chi connectivity index (χ0) is 14.3. The van der Waals surface area contributed by atoms with Crippen LogP contribution in [0.4, 0.5) is 4.79 Å². The summed E-state index contributed by atoms with van der Waals surface area (Å²) in [5.41, 5.74) is 3.48. The number of halogens is 1. The van der Waals surface area contributed by atoms with E-state index in [1.807, 2.05) is 18.2 Å². The van der Waals surface area contributed by atoms with Gasteiger partial charge in [0.15, 0.2) is 0 Å². The molecule has 2 fully saturated rings. The Bertz CT molecular complexity index is 604. The van der Waals surface area contributed by atoms with Crippen molar-refractivity contribution in [3.8, 4) is 0 Å². The van der Waals surface area contributed by atoms with Crippen LogP contribution in [-0.4, -0.2) is 29.4 Å². The molecule has 1 heterocycles.